The topological polar surface area (TPSA) is 45.5 Å². The molecule has 1 fully saturated rings. The maximum atomic E-state index is 4.94. The van der Waals surface area contributed by atoms with Gasteiger partial charge < -0.3 is 10.2 Å². The number of hydrogen-bond acceptors (Lipinski definition) is 3. The number of aliphatic imine (C=N–C) groups is 1. The van der Waals surface area contributed by atoms with Crippen LogP contribution in [0.1, 0.15) is 30.4 Å². The van der Waals surface area contributed by atoms with E-state index in [-0.39, 0.29) is 0 Å². The first kappa shape index (κ1) is 17.1. The van der Waals surface area contributed by atoms with E-state index in [2.05, 4.69) is 58.1 Å². The minimum Gasteiger partial charge on any atom is -0.357 e. The molecule has 1 aliphatic heterocycles. The van der Waals surface area contributed by atoms with E-state index in [1.165, 1.54) is 21.2 Å². The molecule has 26 heavy (non-hydrogen) atoms. The molecule has 5 nitrogen and oxygen atoms in total. The summed E-state index contributed by atoms with van der Waals surface area (Å²) in [5.41, 5.74) is 2.64. The zero-order valence-electron chi connectivity index (χ0n) is 15.4. The molecule has 0 saturated carbocycles. The van der Waals surface area contributed by atoms with Gasteiger partial charge in [-0.15, -0.1) is 11.3 Å². The second kappa shape index (κ2) is 7.50. The molecule has 0 amide bonds. The van der Waals surface area contributed by atoms with Gasteiger partial charge in [0.15, 0.2) is 5.96 Å². The van der Waals surface area contributed by atoms with Crippen molar-refractivity contribution in [2.75, 3.05) is 19.6 Å². The van der Waals surface area contributed by atoms with Crippen LogP contribution in [0.15, 0.2) is 47.0 Å². The van der Waals surface area contributed by atoms with Crippen LogP contribution in [0.5, 0.6) is 0 Å². The van der Waals surface area contributed by atoms with E-state index in [9.17, 15) is 0 Å². The van der Waals surface area contributed by atoms with E-state index < -0.39 is 0 Å². The molecule has 1 N–H and O–H groups in total. The summed E-state index contributed by atoms with van der Waals surface area (Å²) in [5.74, 6) is 1.56. The van der Waals surface area contributed by atoms with Crippen molar-refractivity contribution in [3.8, 4) is 0 Å². The van der Waals surface area contributed by atoms with Gasteiger partial charge >= 0.3 is 0 Å². The fourth-order valence-electron chi connectivity index (χ4n) is 3.62. The first-order valence-corrected chi connectivity index (χ1v) is 10.1. The number of thiophene rings is 1. The minimum atomic E-state index is 0.537. The van der Waals surface area contributed by atoms with Crippen LogP contribution in [0, 0.1) is 0 Å². The zero-order chi connectivity index (χ0) is 17.9. The predicted octanol–water partition coefficient (Wildman–Crippen LogP) is 3.59. The molecule has 0 bridgehead atoms. The Morgan fingerprint density at radius 3 is 3.08 bits per heavy atom. The second-order valence-electron chi connectivity index (χ2n) is 6.81. The Morgan fingerprint density at radius 1 is 1.38 bits per heavy atom. The number of rotatable bonds is 4. The SMILES string of the molecule is CCNC(=NCc1csc2ccccc12)N1CCC(c2cnn(C)c2)C1. The van der Waals surface area contributed by atoms with Crippen LogP contribution in [0.2, 0.25) is 0 Å². The fraction of sp³-hybridized carbons (Fsp3) is 0.400. The average Bonchev–Trinajstić information content (AvgIpc) is 3.38. The molecule has 1 aliphatic rings. The van der Waals surface area contributed by atoms with E-state index in [0.717, 1.165) is 38.6 Å². The zero-order valence-corrected chi connectivity index (χ0v) is 16.2. The third-order valence-electron chi connectivity index (χ3n) is 4.98. The van der Waals surface area contributed by atoms with Crippen molar-refractivity contribution in [2.24, 2.45) is 12.0 Å². The summed E-state index contributed by atoms with van der Waals surface area (Å²) in [7, 11) is 1.98. The highest BCUT2D eigenvalue weighted by atomic mass is 32.1. The summed E-state index contributed by atoms with van der Waals surface area (Å²) in [6.45, 7) is 5.78. The van der Waals surface area contributed by atoms with Crippen molar-refractivity contribution in [3.63, 3.8) is 0 Å². The normalized spacial score (nSPS) is 18.0. The van der Waals surface area contributed by atoms with Gasteiger partial charge in [0.25, 0.3) is 0 Å². The smallest absolute Gasteiger partial charge is 0.194 e. The van der Waals surface area contributed by atoms with Gasteiger partial charge in [-0.3, -0.25) is 4.68 Å². The molecule has 0 spiro atoms. The molecule has 4 rings (SSSR count). The summed E-state index contributed by atoms with van der Waals surface area (Å²) in [6, 6.07) is 8.57. The number of aromatic nitrogens is 2. The summed E-state index contributed by atoms with van der Waals surface area (Å²) in [5, 5.41) is 11.4. The standard InChI is InChI=1S/C20H25N5S/c1-3-21-20(22-10-17-14-26-19-7-5-4-6-18(17)19)25-9-8-15(13-25)16-11-23-24(2)12-16/h4-7,11-12,14-15H,3,8-10,13H2,1-2H3,(H,21,22). The number of nitrogens with zero attached hydrogens (tertiary/aromatic N) is 4. The van der Waals surface area contributed by atoms with Crippen molar-refractivity contribution in [2.45, 2.75) is 25.8 Å². The number of likely N-dealkylation sites (tertiary alicyclic amines) is 1. The van der Waals surface area contributed by atoms with Gasteiger partial charge in [-0.05, 0) is 41.3 Å². The van der Waals surface area contributed by atoms with Crippen LogP contribution in [-0.4, -0.2) is 40.3 Å². The highest BCUT2D eigenvalue weighted by Crippen LogP contribution is 2.28. The lowest BCUT2D eigenvalue weighted by Gasteiger charge is -2.21. The van der Waals surface area contributed by atoms with E-state index in [4.69, 9.17) is 4.99 Å². The van der Waals surface area contributed by atoms with Crippen molar-refractivity contribution in [1.29, 1.82) is 0 Å². The molecule has 1 aromatic carbocycles. The maximum Gasteiger partial charge on any atom is 0.194 e. The molecular weight excluding hydrogens is 342 g/mol. The highest BCUT2D eigenvalue weighted by molar-refractivity contribution is 7.17. The number of fused-ring (bicyclic) bond motifs is 1. The van der Waals surface area contributed by atoms with Crippen LogP contribution in [0.25, 0.3) is 10.1 Å². The van der Waals surface area contributed by atoms with Crippen LogP contribution >= 0.6 is 11.3 Å². The third kappa shape index (κ3) is 3.46. The Labute approximate surface area is 158 Å². The molecule has 3 aromatic rings. The first-order valence-electron chi connectivity index (χ1n) is 9.21. The van der Waals surface area contributed by atoms with Gasteiger partial charge in [0.2, 0.25) is 0 Å². The Balaban J connectivity index is 1.49. The minimum absolute atomic E-state index is 0.537. The number of aryl methyl sites for hydroxylation is 1. The molecule has 2 aromatic heterocycles. The van der Waals surface area contributed by atoms with Crippen LogP contribution in [0.4, 0.5) is 0 Å². The summed E-state index contributed by atoms with van der Waals surface area (Å²) in [4.78, 5) is 7.32. The quantitative estimate of drug-likeness (QED) is 0.566. The summed E-state index contributed by atoms with van der Waals surface area (Å²) >= 11 is 1.80. The average molecular weight is 368 g/mol. The number of guanidine groups is 1. The summed E-state index contributed by atoms with van der Waals surface area (Å²) in [6.07, 6.45) is 5.28. The van der Waals surface area contributed by atoms with Crippen LogP contribution in [0.3, 0.4) is 0 Å². The van der Waals surface area contributed by atoms with Gasteiger partial charge in [0.1, 0.15) is 0 Å². The number of nitrogens with one attached hydrogen (secondary N) is 1. The molecule has 1 saturated heterocycles. The molecule has 1 atom stereocenters. The monoisotopic (exact) mass is 367 g/mol. The molecule has 0 aliphatic carbocycles. The Bertz CT molecular complexity index is 910. The molecule has 0 radical (unpaired) electrons. The van der Waals surface area contributed by atoms with Gasteiger partial charge in [-0.2, -0.15) is 5.10 Å². The van der Waals surface area contributed by atoms with Crippen molar-refractivity contribution >= 4 is 27.4 Å². The number of benzene rings is 1. The lowest BCUT2D eigenvalue weighted by molar-refractivity contribution is 0.486. The lowest BCUT2D eigenvalue weighted by atomic mass is 10.0. The van der Waals surface area contributed by atoms with Crippen molar-refractivity contribution in [1.82, 2.24) is 20.0 Å². The maximum absolute atomic E-state index is 4.94. The first-order chi connectivity index (χ1) is 12.7. The van der Waals surface area contributed by atoms with Crippen LogP contribution < -0.4 is 5.32 Å². The molecule has 3 heterocycles. The fourth-order valence-corrected chi connectivity index (χ4v) is 4.57. The van der Waals surface area contributed by atoms with Gasteiger partial charge in [-0.1, -0.05) is 18.2 Å². The highest BCUT2D eigenvalue weighted by Gasteiger charge is 2.26. The van der Waals surface area contributed by atoms with Gasteiger partial charge in [-0.25, -0.2) is 4.99 Å². The Kier molecular flexibility index (Phi) is 4.93. The molecule has 136 valence electrons. The largest absolute Gasteiger partial charge is 0.357 e. The number of hydrogen-bond donors (Lipinski definition) is 1. The second-order valence-corrected chi connectivity index (χ2v) is 7.72. The Morgan fingerprint density at radius 2 is 2.27 bits per heavy atom. The van der Waals surface area contributed by atoms with Crippen LogP contribution in [-0.2, 0) is 13.6 Å². The Hall–Kier alpha value is -2.34. The van der Waals surface area contributed by atoms with Crippen molar-refractivity contribution < 1.29 is 0 Å². The van der Waals surface area contributed by atoms with E-state index in [0.29, 0.717) is 5.92 Å². The van der Waals surface area contributed by atoms with Gasteiger partial charge in [0.05, 0.1) is 12.7 Å². The van der Waals surface area contributed by atoms with E-state index in [1.54, 1.807) is 11.3 Å². The molecular formula is C20H25N5S. The third-order valence-corrected chi connectivity index (χ3v) is 5.99. The molecule has 1 unspecified atom stereocenters. The predicted molar refractivity (Wildman–Crippen MR) is 109 cm³/mol. The van der Waals surface area contributed by atoms with Gasteiger partial charge in [0, 0.05) is 43.5 Å². The van der Waals surface area contributed by atoms with E-state index >= 15 is 0 Å². The summed E-state index contributed by atoms with van der Waals surface area (Å²) < 4.78 is 3.22. The molecule has 6 heteroatoms. The van der Waals surface area contributed by atoms with Crippen molar-refractivity contribution in [3.05, 3.63) is 53.2 Å². The lowest BCUT2D eigenvalue weighted by Crippen LogP contribution is -2.39. The van der Waals surface area contributed by atoms with E-state index in [1.807, 2.05) is 17.9 Å².